The van der Waals surface area contributed by atoms with Gasteiger partial charge in [0.2, 0.25) is 0 Å². The number of likely N-dealkylation sites (N-methyl/N-ethyl adjacent to an activating group) is 1. The van der Waals surface area contributed by atoms with Gasteiger partial charge in [0.1, 0.15) is 0 Å². The van der Waals surface area contributed by atoms with Crippen LogP contribution in [-0.4, -0.2) is 33.4 Å². The molecule has 1 aromatic carbocycles. The second-order valence-corrected chi connectivity index (χ2v) is 4.73. The highest BCUT2D eigenvalue weighted by molar-refractivity contribution is 5.54. The molecule has 17 heavy (non-hydrogen) atoms. The molecule has 0 radical (unpaired) electrons. The van der Waals surface area contributed by atoms with Crippen LogP contribution in [0.3, 0.4) is 0 Å². The molecule has 0 aliphatic carbocycles. The molecule has 0 heterocycles. The van der Waals surface area contributed by atoms with Gasteiger partial charge in [-0.1, -0.05) is 17.7 Å². The molecule has 1 rings (SSSR count). The summed E-state index contributed by atoms with van der Waals surface area (Å²) in [4.78, 5) is 2.22. The highest BCUT2D eigenvalue weighted by atomic mass is 16.5. The van der Waals surface area contributed by atoms with Crippen molar-refractivity contribution in [3.63, 3.8) is 0 Å². The second kappa shape index (κ2) is 6.62. The number of rotatable bonds is 6. The van der Waals surface area contributed by atoms with Crippen LogP contribution in [-0.2, 0) is 11.2 Å². The van der Waals surface area contributed by atoms with Gasteiger partial charge in [0.15, 0.2) is 0 Å². The second-order valence-electron chi connectivity index (χ2n) is 4.73. The number of anilines is 1. The van der Waals surface area contributed by atoms with Crippen molar-refractivity contribution in [2.24, 2.45) is 5.73 Å². The first kappa shape index (κ1) is 14.0. The molecule has 3 heteroatoms. The Morgan fingerprint density at radius 2 is 2.12 bits per heavy atom. The van der Waals surface area contributed by atoms with Gasteiger partial charge < -0.3 is 15.4 Å². The molecular formula is C14H24N2O. The van der Waals surface area contributed by atoms with E-state index in [2.05, 4.69) is 37.1 Å². The minimum Gasteiger partial charge on any atom is -0.383 e. The van der Waals surface area contributed by atoms with Gasteiger partial charge in [0, 0.05) is 32.4 Å². The van der Waals surface area contributed by atoms with E-state index in [1.165, 1.54) is 16.8 Å². The third-order valence-corrected chi connectivity index (χ3v) is 2.82. The van der Waals surface area contributed by atoms with Crippen LogP contribution in [0, 0.1) is 6.92 Å². The van der Waals surface area contributed by atoms with Gasteiger partial charge in [0.25, 0.3) is 0 Å². The molecule has 1 atom stereocenters. The molecule has 0 fully saturated rings. The Morgan fingerprint density at radius 3 is 2.71 bits per heavy atom. The first-order valence-electron chi connectivity index (χ1n) is 6.09. The topological polar surface area (TPSA) is 38.5 Å². The summed E-state index contributed by atoms with van der Waals surface area (Å²) in [7, 11) is 3.82. The third-order valence-electron chi connectivity index (χ3n) is 2.82. The quantitative estimate of drug-likeness (QED) is 0.820. The summed E-state index contributed by atoms with van der Waals surface area (Å²) in [5, 5.41) is 0. The van der Waals surface area contributed by atoms with Crippen LogP contribution >= 0.6 is 0 Å². The fourth-order valence-corrected chi connectivity index (χ4v) is 1.95. The summed E-state index contributed by atoms with van der Waals surface area (Å²) in [6.45, 7) is 5.79. The Kier molecular flexibility index (Phi) is 5.45. The fraction of sp³-hybridized carbons (Fsp3) is 0.571. The van der Waals surface area contributed by atoms with E-state index < -0.39 is 0 Å². The molecule has 3 nitrogen and oxygen atoms in total. The van der Waals surface area contributed by atoms with Crippen molar-refractivity contribution in [2.75, 3.05) is 32.2 Å². The van der Waals surface area contributed by atoms with Crippen molar-refractivity contribution in [1.29, 1.82) is 0 Å². The fourth-order valence-electron chi connectivity index (χ4n) is 1.95. The Hall–Kier alpha value is -1.06. The number of methoxy groups -OCH3 is 1. The van der Waals surface area contributed by atoms with Crippen LogP contribution in [0.15, 0.2) is 18.2 Å². The zero-order valence-corrected chi connectivity index (χ0v) is 11.4. The largest absolute Gasteiger partial charge is 0.383 e. The normalized spacial score (nSPS) is 12.5. The SMILES string of the molecule is COCCN(C)c1ccc(C)cc1CC(C)N. The van der Waals surface area contributed by atoms with Crippen molar-refractivity contribution >= 4 is 5.69 Å². The number of aryl methyl sites for hydroxylation is 1. The van der Waals surface area contributed by atoms with Gasteiger partial charge >= 0.3 is 0 Å². The monoisotopic (exact) mass is 236 g/mol. The van der Waals surface area contributed by atoms with E-state index >= 15 is 0 Å². The summed E-state index contributed by atoms with van der Waals surface area (Å²) >= 11 is 0. The molecule has 1 unspecified atom stereocenters. The predicted octanol–water partition coefficient (Wildman–Crippen LogP) is 1.97. The summed E-state index contributed by atoms with van der Waals surface area (Å²) < 4.78 is 5.11. The van der Waals surface area contributed by atoms with E-state index in [9.17, 15) is 0 Å². The highest BCUT2D eigenvalue weighted by Crippen LogP contribution is 2.22. The minimum absolute atomic E-state index is 0.186. The lowest BCUT2D eigenvalue weighted by molar-refractivity contribution is 0.206. The van der Waals surface area contributed by atoms with Gasteiger partial charge in [-0.3, -0.25) is 0 Å². The minimum atomic E-state index is 0.186. The number of hydrogen-bond donors (Lipinski definition) is 1. The Labute approximate surface area is 105 Å². The van der Waals surface area contributed by atoms with Gasteiger partial charge in [-0.2, -0.15) is 0 Å². The highest BCUT2D eigenvalue weighted by Gasteiger charge is 2.09. The van der Waals surface area contributed by atoms with Gasteiger partial charge in [-0.05, 0) is 31.9 Å². The van der Waals surface area contributed by atoms with Gasteiger partial charge in [-0.25, -0.2) is 0 Å². The molecule has 96 valence electrons. The van der Waals surface area contributed by atoms with Crippen molar-refractivity contribution < 1.29 is 4.74 Å². The Morgan fingerprint density at radius 1 is 1.41 bits per heavy atom. The molecule has 0 aromatic heterocycles. The maximum atomic E-state index is 5.90. The molecule has 0 amide bonds. The molecule has 0 spiro atoms. The summed E-state index contributed by atoms with van der Waals surface area (Å²) in [6.07, 6.45) is 0.911. The van der Waals surface area contributed by atoms with Gasteiger partial charge in [-0.15, -0.1) is 0 Å². The zero-order chi connectivity index (χ0) is 12.8. The molecule has 2 N–H and O–H groups in total. The maximum absolute atomic E-state index is 5.90. The standard InChI is InChI=1S/C14H24N2O/c1-11-5-6-14(16(3)7-8-17-4)13(9-11)10-12(2)15/h5-6,9,12H,7-8,10,15H2,1-4H3. The van der Waals surface area contributed by atoms with Crippen molar-refractivity contribution in [2.45, 2.75) is 26.3 Å². The molecule has 0 saturated carbocycles. The van der Waals surface area contributed by atoms with E-state index in [0.717, 1.165) is 19.6 Å². The lowest BCUT2D eigenvalue weighted by Gasteiger charge is -2.23. The molecule has 0 aliphatic heterocycles. The molecule has 0 saturated heterocycles. The smallest absolute Gasteiger partial charge is 0.0637 e. The maximum Gasteiger partial charge on any atom is 0.0637 e. The number of benzene rings is 1. The zero-order valence-electron chi connectivity index (χ0n) is 11.4. The molecule has 0 aliphatic rings. The first-order valence-corrected chi connectivity index (χ1v) is 6.09. The summed E-state index contributed by atoms with van der Waals surface area (Å²) in [5.41, 5.74) is 9.76. The summed E-state index contributed by atoms with van der Waals surface area (Å²) in [5.74, 6) is 0. The van der Waals surface area contributed by atoms with Crippen LogP contribution in [0.4, 0.5) is 5.69 Å². The van der Waals surface area contributed by atoms with Crippen molar-refractivity contribution in [1.82, 2.24) is 0 Å². The van der Waals surface area contributed by atoms with Crippen molar-refractivity contribution in [3.8, 4) is 0 Å². The number of nitrogens with two attached hydrogens (primary N) is 1. The van der Waals surface area contributed by atoms with E-state index in [1.54, 1.807) is 7.11 Å². The number of ether oxygens (including phenoxy) is 1. The van der Waals surface area contributed by atoms with E-state index in [-0.39, 0.29) is 6.04 Å². The molecule has 1 aromatic rings. The molecular weight excluding hydrogens is 212 g/mol. The molecule has 0 bridgehead atoms. The van der Waals surface area contributed by atoms with Crippen LogP contribution in [0.2, 0.25) is 0 Å². The average molecular weight is 236 g/mol. The average Bonchev–Trinajstić information content (AvgIpc) is 2.25. The third kappa shape index (κ3) is 4.36. The number of hydrogen-bond acceptors (Lipinski definition) is 3. The van der Waals surface area contributed by atoms with Crippen LogP contribution in [0.1, 0.15) is 18.1 Å². The van der Waals surface area contributed by atoms with E-state index in [4.69, 9.17) is 10.5 Å². The number of nitrogens with zero attached hydrogens (tertiary/aromatic N) is 1. The van der Waals surface area contributed by atoms with Crippen LogP contribution in [0.25, 0.3) is 0 Å². The first-order chi connectivity index (χ1) is 8.04. The van der Waals surface area contributed by atoms with Crippen molar-refractivity contribution in [3.05, 3.63) is 29.3 Å². The lowest BCUT2D eigenvalue weighted by Crippen LogP contribution is -2.25. The summed E-state index contributed by atoms with van der Waals surface area (Å²) in [6, 6.07) is 6.72. The van der Waals surface area contributed by atoms with Crippen LogP contribution < -0.4 is 10.6 Å². The van der Waals surface area contributed by atoms with Gasteiger partial charge in [0.05, 0.1) is 6.61 Å². The van der Waals surface area contributed by atoms with E-state index in [0.29, 0.717) is 0 Å². The van der Waals surface area contributed by atoms with E-state index in [1.807, 2.05) is 6.92 Å². The van der Waals surface area contributed by atoms with Crippen LogP contribution in [0.5, 0.6) is 0 Å². The lowest BCUT2D eigenvalue weighted by atomic mass is 10.0. The predicted molar refractivity (Wildman–Crippen MR) is 73.7 cm³/mol. The Balaban J connectivity index is 2.88. The Bertz CT molecular complexity index is 350.